The molecule has 0 bridgehead atoms. The molecule has 2 aromatic heterocycles. The number of aromatic nitrogens is 2. The first-order chi connectivity index (χ1) is 10.1. The molecule has 0 saturated carbocycles. The average Bonchev–Trinajstić information content (AvgIpc) is 2.96. The Kier molecular flexibility index (Phi) is 3.15. The highest BCUT2D eigenvalue weighted by molar-refractivity contribution is 7.19. The standard InChI is InChI=1S/C16H21N3OS/c1-9-7-19(8-10(2)20-9)15-14-12-5-4-6-13(12)21-16(14)18-11(3)17-15/h9-10H,4-8H2,1-3H3/t9-,10-/m1/s1. The molecule has 2 atom stereocenters. The Morgan fingerprint density at radius 2 is 1.90 bits per heavy atom. The quantitative estimate of drug-likeness (QED) is 0.811. The molecular weight excluding hydrogens is 282 g/mol. The van der Waals surface area contributed by atoms with Crippen LogP contribution in [0.5, 0.6) is 0 Å². The van der Waals surface area contributed by atoms with Gasteiger partial charge in [-0.2, -0.15) is 0 Å². The van der Waals surface area contributed by atoms with Crippen molar-refractivity contribution in [2.24, 2.45) is 0 Å². The van der Waals surface area contributed by atoms with Crippen LogP contribution < -0.4 is 4.90 Å². The third-order valence-corrected chi connectivity index (χ3v) is 5.56. The second kappa shape index (κ2) is 4.92. The lowest BCUT2D eigenvalue weighted by Gasteiger charge is -2.36. The van der Waals surface area contributed by atoms with Gasteiger partial charge in [0.15, 0.2) is 0 Å². The molecule has 0 unspecified atom stereocenters. The van der Waals surface area contributed by atoms with Gasteiger partial charge in [-0.15, -0.1) is 11.3 Å². The van der Waals surface area contributed by atoms with Crippen LogP contribution in [0.15, 0.2) is 0 Å². The fourth-order valence-corrected chi connectivity index (χ4v) is 4.96. The predicted octanol–water partition coefficient (Wildman–Crippen LogP) is 3.10. The Balaban J connectivity index is 1.87. The van der Waals surface area contributed by atoms with Crippen molar-refractivity contribution >= 4 is 27.4 Å². The summed E-state index contributed by atoms with van der Waals surface area (Å²) in [5.74, 6) is 2.02. The van der Waals surface area contributed by atoms with Crippen molar-refractivity contribution in [2.75, 3.05) is 18.0 Å². The first kappa shape index (κ1) is 13.5. The fraction of sp³-hybridized carbons (Fsp3) is 0.625. The van der Waals surface area contributed by atoms with Crippen molar-refractivity contribution < 1.29 is 4.74 Å². The van der Waals surface area contributed by atoms with Crippen LogP contribution in [0.4, 0.5) is 5.82 Å². The summed E-state index contributed by atoms with van der Waals surface area (Å²) in [6, 6.07) is 0. The maximum Gasteiger partial charge on any atom is 0.141 e. The van der Waals surface area contributed by atoms with Crippen LogP contribution >= 0.6 is 11.3 Å². The molecule has 5 heteroatoms. The van der Waals surface area contributed by atoms with Crippen molar-refractivity contribution in [3.05, 3.63) is 16.3 Å². The van der Waals surface area contributed by atoms with Gasteiger partial charge < -0.3 is 9.64 Å². The number of thiophene rings is 1. The molecule has 2 aromatic rings. The smallest absolute Gasteiger partial charge is 0.141 e. The highest BCUT2D eigenvalue weighted by Crippen LogP contribution is 2.41. The van der Waals surface area contributed by atoms with Gasteiger partial charge in [-0.05, 0) is 45.6 Å². The van der Waals surface area contributed by atoms with E-state index in [4.69, 9.17) is 9.72 Å². The summed E-state index contributed by atoms with van der Waals surface area (Å²) in [6.07, 6.45) is 4.19. The SMILES string of the molecule is Cc1nc(N2C[C@@H](C)O[C@H](C)C2)c2c3c(sc2n1)CCC3. The molecule has 4 nitrogen and oxygen atoms in total. The van der Waals surface area contributed by atoms with Gasteiger partial charge in [-0.3, -0.25) is 0 Å². The monoisotopic (exact) mass is 303 g/mol. The van der Waals surface area contributed by atoms with E-state index in [1.54, 1.807) is 0 Å². The summed E-state index contributed by atoms with van der Waals surface area (Å²) in [5, 5.41) is 1.32. The van der Waals surface area contributed by atoms with Crippen LogP contribution in [-0.2, 0) is 17.6 Å². The molecule has 1 saturated heterocycles. The van der Waals surface area contributed by atoms with E-state index in [0.717, 1.165) is 24.7 Å². The largest absolute Gasteiger partial charge is 0.372 e. The van der Waals surface area contributed by atoms with E-state index in [-0.39, 0.29) is 12.2 Å². The second-order valence-electron chi connectivity index (χ2n) is 6.29. The Labute approximate surface area is 129 Å². The highest BCUT2D eigenvalue weighted by atomic mass is 32.1. The number of fused-ring (bicyclic) bond motifs is 3. The third-order valence-electron chi connectivity index (χ3n) is 4.38. The summed E-state index contributed by atoms with van der Waals surface area (Å²) in [6.45, 7) is 8.13. The molecular formula is C16H21N3OS. The number of anilines is 1. The van der Waals surface area contributed by atoms with E-state index in [1.807, 2.05) is 18.3 Å². The topological polar surface area (TPSA) is 38.2 Å². The number of rotatable bonds is 1. The first-order valence-electron chi connectivity index (χ1n) is 7.81. The van der Waals surface area contributed by atoms with Crippen molar-refractivity contribution in [3.8, 4) is 0 Å². The molecule has 1 aliphatic carbocycles. The van der Waals surface area contributed by atoms with E-state index in [0.29, 0.717) is 0 Å². The van der Waals surface area contributed by atoms with Gasteiger partial charge in [-0.25, -0.2) is 9.97 Å². The van der Waals surface area contributed by atoms with E-state index in [2.05, 4.69) is 23.7 Å². The van der Waals surface area contributed by atoms with Crippen LogP contribution in [0, 0.1) is 6.92 Å². The minimum absolute atomic E-state index is 0.255. The van der Waals surface area contributed by atoms with Crippen LogP contribution in [0.1, 0.15) is 36.5 Å². The Morgan fingerprint density at radius 3 is 2.67 bits per heavy atom. The second-order valence-corrected chi connectivity index (χ2v) is 7.38. The van der Waals surface area contributed by atoms with Gasteiger partial charge in [0.1, 0.15) is 16.5 Å². The molecule has 21 heavy (non-hydrogen) atoms. The van der Waals surface area contributed by atoms with Gasteiger partial charge in [0, 0.05) is 18.0 Å². The van der Waals surface area contributed by atoms with Crippen molar-refractivity contribution in [1.82, 2.24) is 9.97 Å². The molecule has 0 radical (unpaired) electrons. The van der Waals surface area contributed by atoms with Crippen LogP contribution in [0.25, 0.3) is 10.2 Å². The van der Waals surface area contributed by atoms with E-state index >= 15 is 0 Å². The van der Waals surface area contributed by atoms with E-state index < -0.39 is 0 Å². The molecule has 0 N–H and O–H groups in total. The van der Waals surface area contributed by atoms with Crippen LogP contribution in [0.3, 0.4) is 0 Å². The van der Waals surface area contributed by atoms with E-state index in [9.17, 15) is 0 Å². The maximum atomic E-state index is 5.87. The van der Waals surface area contributed by atoms with E-state index in [1.165, 1.54) is 39.9 Å². The Morgan fingerprint density at radius 1 is 1.14 bits per heavy atom. The van der Waals surface area contributed by atoms with Gasteiger partial charge in [-0.1, -0.05) is 0 Å². The van der Waals surface area contributed by atoms with Gasteiger partial charge in [0.25, 0.3) is 0 Å². The minimum Gasteiger partial charge on any atom is -0.372 e. The lowest BCUT2D eigenvalue weighted by Crippen LogP contribution is -2.46. The lowest BCUT2D eigenvalue weighted by atomic mass is 10.1. The van der Waals surface area contributed by atoms with Crippen LogP contribution in [-0.4, -0.2) is 35.3 Å². The van der Waals surface area contributed by atoms with Gasteiger partial charge in [0.05, 0.1) is 17.6 Å². The Bertz CT molecular complexity index is 686. The summed E-state index contributed by atoms with van der Waals surface area (Å²) < 4.78 is 5.87. The first-order valence-corrected chi connectivity index (χ1v) is 8.62. The van der Waals surface area contributed by atoms with Gasteiger partial charge in [0.2, 0.25) is 0 Å². The molecule has 1 fully saturated rings. The number of ether oxygens (including phenoxy) is 1. The Hall–Kier alpha value is -1.20. The number of nitrogens with zero attached hydrogens (tertiary/aromatic N) is 3. The molecule has 1 aliphatic heterocycles. The zero-order chi connectivity index (χ0) is 14.6. The zero-order valence-corrected chi connectivity index (χ0v) is 13.7. The number of morpholine rings is 1. The molecule has 112 valence electrons. The molecule has 0 amide bonds. The summed E-state index contributed by atoms with van der Waals surface area (Å²) in [7, 11) is 0. The molecule has 0 spiro atoms. The normalized spacial score (nSPS) is 25.6. The third kappa shape index (κ3) is 2.23. The lowest BCUT2D eigenvalue weighted by molar-refractivity contribution is -0.00538. The maximum absolute atomic E-state index is 5.87. The highest BCUT2D eigenvalue weighted by Gasteiger charge is 2.28. The average molecular weight is 303 g/mol. The molecule has 0 aromatic carbocycles. The number of hydrogen-bond donors (Lipinski definition) is 0. The summed E-state index contributed by atoms with van der Waals surface area (Å²) >= 11 is 1.87. The molecule has 4 rings (SSSR count). The van der Waals surface area contributed by atoms with Crippen LogP contribution in [0.2, 0.25) is 0 Å². The van der Waals surface area contributed by atoms with Crippen molar-refractivity contribution in [2.45, 2.75) is 52.2 Å². The van der Waals surface area contributed by atoms with Crippen molar-refractivity contribution in [1.29, 1.82) is 0 Å². The fourth-order valence-electron chi connectivity index (χ4n) is 3.66. The van der Waals surface area contributed by atoms with Gasteiger partial charge >= 0.3 is 0 Å². The minimum atomic E-state index is 0.255. The van der Waals surface area contributed by atoms with Crippen molar-refractivity contribution in [3.63, 3.8) is 0 Å². The number of hydrogen-bond acceptors (Lipinski definition) is 5. The molecule has 3 heterocycles. The number of aryl methyl sites for hydroxylation is 3. The summed E-state index contributed by atoms with van der Waals surface area (Å²) in [4.78, 5) is 14.6. The summed E-state index contributed by atoms with van der Waals surface area (Å²) in [5.41, 5.74) is 1.51. The molecule has 2 aliphatic rings. The predicted molar refractivity (Wildman–Crippen MR) is 86.4 cm³/mol. The zero-order valence-electron chi connectivity index (χ0n) is 12.8.